The van der Waals surface area contributed by atoms with Crippen molar-refractivity contribution in [2.45, 2.75) is 11.8 Å². The van der Waals surface area contributed by atoms with Gasteiger partial charge in [0.1, 0.15) is 0 Å². The van der Waals surface area contributed by atoms with Crippen LogP contribution in [0.25, 0.3) is 0 Å². The van der Waals surface area contributed by atoms with Gasteiger partial charge in [0.05, 0.1) is 0 Å². The summed E-state index contributed by atoms with van der Waals surface area (Å²) in [5, 5.41) is 4.30. The first-order valence-corrected chi connectivity index (χ1v) is 5.16. The third-order valence-electron chi connectivity index (χ3n) is 3.46. The summed E-state index contributed by atoms with van der Waals surface area (Å²) in [6, 6.07) is 8.33. The predicted molar refractivity (Wildman–Crippen MR) is 54.1 cm³/mol. The molecule has 1 saturated carbocycles. The van der Waals surface area contributed by atoms with Crippen molar-refractivity contribution in [3.05, 3.63) is 34.9 Å². The molecule has 1 aromatic rings. The number of halogens is 1. The molecule has 13 heavy (non-hydrogen) atoms. The van der Waals surface area contributed by atoms with Crippen LogP contribution in [0.3, 0.4) is 0 Å². The van der Waals surface area contributed by atoms with Crippen LogP contribution in [-0.4, -0.2) is 13.1 Å². The molecule has 1 saturated heterocycles. The van der Waals surface area contributed by atoms with Crippen LogP contribution < -0.4 is 5.32 Å². The summed E-state index contributed by atoms with van der Waals surface area (Å²) in [5.41, 5.74) is 1.88. The maximum Gasteiger partial charge on any atom is 0.0408 e. The molecule has 0 unspecified atom stereocenters. The fourth-order valence-corrected chi connectivity index (χ4v) is 2.78. The quantitative estimate of drug-likeness (QED) is 0.721. The highest BCUT2D eigenvalue weighted by molar-refractivity contribution is 6.30. The maximum atomic E-state index is 5.98. The van der Waals surface area contributed by atoms with E-state index >= 15 is 0 Å². The number of hydrogen-bond acceptors (Lipinski definition) is 1. The predicted octanol–water partition coefficient (Wildman–Crippen LogP) is 2.20. The Hall–Kier alpha value is -0.530. The minimum Gasteiger partial charge on any atom is -0.316 e. The van der Waals surface area contributed by atoms with Gasteiger partial charge in [-0.1, -0.05) is 23.7 Å². The minimum absolute atomic E-state index is 0.449. The van der Waals surface area contributed by atoms with E-state index in [0.717, 1.165) is 17.5 Å². The van der Waals surface area contributed by atoms with Gasteiger partial charge in [-0.3, -0.25) is 0 Å². The van der Waals surface area contributed by atoms with E-state index in [9.17, 15) is 0 Å². The highest BCUT2D eigenvalue weighted by Gasteiger charge is 2.57. The highest BCUT2D eigenvalue weighted by atomic mass is 35.5. The van der Waals surface area contributed by atoms with E-state index in [4.69, 9.17) is 11.6 Å². The zero-order valence-electron chi connectivity index (χ0n) is 7.39. The zero-order valence-corrected chi connectivity index (χ0v) is 8.14. The van der Waals surface area contributed by atoms with Crippen LogP contribution >= 0.6 is 11.6 Å². The Morgan fingerprint density at radius 1 is 1.46 bits per heavy atom. The first-order valence-electron chi connectivity index (χ1n) is 4.78. The number of fused-ring (bicyclic) bond motifs is 1. The summed E-state index contributed by atoms with van der Waals surface area (Å²) in [5.74, 6) is 0.867. The Kier molecular flexibility index (Phi) is 1.50. The number of piperidine rings is 1. The van der Waals surface area contributed by atoms with Crippen molar-refractivity contribution in [3.8, 4) is 0 Å². The Bertz CT molecular complexity index is 350. The molecular formula is C11H12ClN. The molecule has 1 aliphatic carbocycles. The summed E-state index contributed by atoms with van der Waals surface area (Å²) < 4.78 is 0. The highest BCUT2D eigenvalue weighted by Crippen LogP contribution is 2.56. The molecule has 0 spiro atoms. The fraction of sp³-hybridized carbons (Fsp3) is 0.455. The molecule has 2 fully saturated rings. The van der Waals surface area contributed by atoms with Crippen LogP contribution in [0.4, 0.5) is 0 Å². The molecular weight excluding hydrogens is 182 g/mol. The molecule has 1 nitrogen and oxygen atoms in total. The summed E-state index contributed by atoms with van der Waals surface area (Å²) in [6.07, 6.45) is 1.35. The zero-order chi connectivity index (χ0) is 8.89. The van der Waals surface area contributed by atoms with Gasteiger partial charge in [-0.05, 0) is 36.6 Å². The van der Waals surface area contributed by atoms with Gasteiger partial charge in [-0.25, -0.2) is 0 Å². The average Bonchev–Trinajstić information content (AvgIpc) is 2.70. The van der Waals surface area contributed by atoms with Crippen molar-refractivity contribution < 1.29 is 0 Å². The molecule has 2 atom stereocenters. The van der Waals surface area contributed by atoms with Gasteiger partial charge >= 0.3 is 0 Å². The minimum atomic E-state index is 0.449. The molecule has 2 heteroatoms. The average molecular weight is 194 g/mol. The molecule has 1 N–H and O–H groups in total. The van der Waals surface area contributed by atoms with Gasteiger partial charge < -0.3 is 5.32 Å². The third-order valence-corrected chi connectivity index (χ3v) is 3.70. The number of nitrogens with one attached hydrogen (secondary N) is 1. The summed E-state index contributed by atoms with van der Waals surface area (Å²) in [6.45, 7) is 2.32. The Balaban J connectivity index is 2.01. The van der Waals surface area contributed by atoms with E-state index in [1.807, 2.05) is 6.07 Å². The first-order chi connectivity index (χ1) is 6.31. The lowest BCUT2D eigenvalue weighted by Gasteiger charge is -2.11. The lowest BCUT2D eigenvalue weighted by Crippen LogP contribution is -2.19. The van der Waals surface area contributed by atoms with Crippen LogP contribution in [0.15, 0.2) is 24.3 Å². The van der Waals surface area contributed by atoms with Crippen molar-refractivity contribution in [3.63, 3.8) is 0 Å². The number of rotatable bonds is 1. The Morgan fingerprint density at radius 3 is 3.00 bits per heavy atom. The topological polar surface area (TPSA) is 12.0 Å². The van der Waals surface area contributed by atoms with Gasteiger partial charge in [-0.2, -0.15) is 0 Å². The van der Waals surface area contributed by atoms with Crippen molar-refractivity contribution in [1.29, 1.82) is 0 Å². The number of hydrogen-bond donors (Lipinski definition) is 1. The van der Waals surface area contributed by atoms with E-state index in [1.165, 1.54) is 18.5 Å². The van der Waals surface area contributed by atoms with Gasteiger partial charge in [0.25, 0.3) is 0 Å². The van der Waals surface area contributed by atoms with Crippen molar-refractivity contribution >= 4 is 11.6 Å². The van der Waals surface area contributed by atoms with Crippen molar-refractivity contribution in [2.24, 2.45) is 5.92 Å². The van der Waals surface area contributed by atoms with Gasteiger partial charge in [-0.15, -0.1) is 0 Å². The Morgan fingerprint density at radius 2 is 2.38 bits per heavy atom. The van der Waals surface area contributed by atoms with Gasteiger partial charge in [0, 0.05) is 17.0 Å². The largest absolute Gasteiger partial charge is 0.316 e. The summed E-state index contributed by atoms with van der Waals surface area (Å²) in [4.78, 5) is 0. The molecule has 1 aromatic carbocycles. The molecule has 0 amide bonds. The van der Waals surface area contributed by atoms with E-state index < -0.39 is 0 Å². The van der Waals surface area contributed by atoms with Crippen LogP contribution in [0.1, 0.15) is 12.0 Å². The van der Waals surface area contributed by atoms with E-state index in [-0.39, 0.29) is 0 Å². The second kappa shape index (κ2) is 2.49. The van der Waals surface area contributed by atoms with Gasteiger partial charge in [0.2, 0.25) is 0 Å². The lowest BCUT2D eigenvalue weighted by molar-refractivity contribution is 0.676. The molecule has 2 aliphatic rings. The summed E-state index contributed by atoms with van der Waals surface area (Å²) in [7, 11) is 0. The van der Waals surface area contributed by atoms with E-state index in [0.29, 0.717) is 5.41 Å². The molecule has 1 aliphatic heterocycles. The lowest BCUT2D eigenvalue weighted by atomic mass is 9.95. The smallest absolute Gasteiger partial charge is 0.0408 e. The van der Waals surface area contributed by atoms with Crippen LogP contribution in [-0.2, 0) is 5.41 Å². The van der Waals surface area contributed by atoms with Crippen LogP contribution in [0, 0.1) is 5.92 Å². The SMILES string of the molecule is Clc1cccc([C@@]23CNC[C@@H]2C3)c1. The van der Waals surface area contributed by atoms with E-state index in [2.05, 4.69) is 23.5 Å². The first kappa shape index (κ1) is 7.84. The standard InChI is InChI=1S/C11H12ClN/c12-10-3-1-2-8(4-10)11-5-9(11)6-13-7-11/h1-4,9,13H,5-7H2/t9-,11+/m0/s1. The molecule has 3 rings (SSSR count). The van der Waals surface area contributed by atoms with E-state index in [1.54, 1.807) is 0 Å². The third kappa shape index (κ3) is 1.04. The second-order valence-electron chi connectivity index (χ2n) is 4.20. The van der Waals surface area contributed by atoms with Gasteiger partial charge in [0.15, 0.2) is 0 Å². The summed E-state index contributed by atoms with van der Waals surface area (Å²) >= 11 is 5.98. The van der Waals surface area contributed by atoms with Crippen LogP contribution in [0.2, 0.25) is 5.02 Å². The van der Waals surface area contributed by atoms with Crippen LogP contribution in [0.5, 0.6) is 0 Å². The monoisotopic (exact) mass is 193 g/mol. The normalized spacial score (nSPS) is 35.9. The van der Waals surface area contributed by atoms with Crippen molar-refractivity contribution in [1.82, 2.24) is 5.32 Å². The maximum absolute atomic E-state index is 5.98. The molecule has 0 radical (unpaired) electrons. The molecule has 1 heterocycles. The molecule has 0 bridgehead atoms. The fourth-order valence-electron chi connectivity index (χ4n) is 2.59. The van der Waals surface area contributed by atoms with Crippen molar-refractivity contribution in [2.75, 3.05) is 13.1 Å². The second-order valence-corrected chi connectivity index (χ2v) is 4.63. The molecule has 68 valence electrons. The number of benzene rings is 1. The Labute approximate surface area is 83.1 Å². The molecule has 0 aromatic heterocycles.